The number of nitrogens with zero attached hydrogens (tertiary/aromatic N) is 3. The Morgan fingerprint density at radius 2 is 2.30 bits per heavy atom. The smallest absolute Gasteiger partial charge is 0.317 e. The topological polar surface area (TPSA) is 87.5 Å². The lowest BCUT2D eigenvalue weighted by molar-refractivity contribution is -0.143. The minimum absolute atomic E-state index is 0.209. The first-order valence-corrected chi connectivity index (χ1v) is 6.72. The normalized spacial score (nSPS) is 18.9. The molecule has 1 aromatic heterocycles. The molecule has 0 saturated carbocycles. The van der Waals surface area contributed by atoms with Crippen molar-refractivity contribution in [1.29, 1.82) is 0 Å². The van der Waals surface area contributed by atoms with Crippen molar-refractivity contribution in [2.75, 3.05) is 13.1 Å². The second-order valence-corrected chi connectivity index (χ2v) is 5.16. The molecular weight excluding hydrogens is 260 g/mol. The Balaban J connectivity index is 1.88. The van der Waals surface area contributed by atoms with Crippen molar-refractivity contribution in [3.05, 3.63) is 17.5 Å². The van der Waals surface area contributed by atoms with Gasteiger partial charge in [0.05, 0.1) is 12.1 Å². The zero-order valence-electron chi connectivity index (χ0n) is 11.8. The fourth-order valence-electron chi connectivity index (χ4n) is 2.36. The number of carbonyl (C=O) groups excluding carboxylic acids is 1. The third kappa shape index (κ3) is 3.09. The number of urea groups is 1. The molecule has 0 bridgehead atoms. The zero-order valence-corrected chi connectivity index (χ0v) is 11.8. The average molecular weight is 280 g/mol. The van der Waals surface area contributed by atoms with E-state index >= 15 is 0 Å². The Morgan fingerprint density at radius 1 is 1.55 bits per heavy atom. The highest BCUT2D eigenvalue weighted by atomic mass is 16.4. The largest absolute Gasteiger partial charge is 0.481 e. The lowest BCUT2D eigenvalue weighted by atomic mass is 9.99. The molecule has 0 spiro atoms. The Morgan fingerprint density at radius 3 is 2.90 bits per heavy atom. The third-order valence-corrected chi connectivity index (χ3v) is 3.82. The van der Waals surface area contributed by atoms with Crippen LogP contribution in [0, 0.1) is 12.8 Å². The van der Waals surface area contributed by atoms with Crippen molar-refractivity contribution in [3.8, 4) is 0 Å². The number of rotatable bonds is 3. The predicted molar refractivity (Wildman–Crippen MR) is 72.1 cm³/mol. The maximum Gasteiger partial charge on any atom is 0.317 e. The van der Waals surface area contributed by atoms with E-state index in [1.54, 1.807) is 15.8 Å². The zero-order chi connectivity index (χ0) is 14.7. The lowest BCUT2D eigenvalue weighted by Gasteiger charge is -2.30. The maximum absolute atomic E-state index is 12.1. The summed E-state index contributed by atoms with van der Waals surface area (Å²) in [6.45, 7) is 3.25. The second kappa shape index (κ2) is 5.94. The van der Waals surface area contributed by atoms with Gasteiger partial charge in [-0.05, 0) is 19.8 Å². The summed E-state index contributed by atoms with van der Waals surface area (Å²) in [6, 6.07) is -0.209. The number of carboxylic acid groups (broad SMARTS) is 1. The van der Waals surface area contributed by atoms with Gasteiger partial charge in [0, 0.05) is 37.9 Å². The van der Waals surface area contributed by atoms with Crippen LogP contribution in [0.25, 0.3) is 0 Å². The molecule has 1 aromatic rings. The van der Waals surface area contributed by atoms with Gasteiger partial charge in [-0.25, -0.2) is 4.79 Å². The minimum Gasteiger partial charge on any atom is -0.481 e. The molecule has 1 atom stereocenters. The molecule has 20 heavy (non-hydrogen) atoms. The van der Waals surface area contributed by atoms with E-state index in [2.05, 4.69) is 10.4 Å². The average Bonchev–Trinajstić information content (AvgIpc) is 2.76. The first-order chi connectivity index (χ1) is 9.49. The molecule has 0 aliphatic carbocycles. The molecule has 1 saturated heterocycles. The van der Waals surface area contributed by atoms with Gasteiger partial charge in [-0.2, -0.15) is 5.10 Å². The molecule has 2 heterocycles. The molecule has 0 radical (unpaired) electrons. The van der Waals surface area contributed by atoms with Gasteiger partial charge in [-0.1, -0.05) is 0 Å². The highest BCUT2D eigenvalue weighted by molar-refractivity contribution is 5.76. The molecule has 0 aromatic carbocycles. The molecule has 1 aliphatic heterocycles. The summed E-state index contributed by atoms with van der Waals surface area (Å²) in [6.07, 6.45) is 3.10. The van der Waals surface area contributed by atoms with Crippen LogP contribution in [0.5, 0.6) is 0 Å². The van der Waals surface area contributed by atoms with Crippen LogP contribution in [0.4, 0.5) is 4.79 Å². The minimum atomic E-state index is -0.828. The Hall–Kier alpha value is -2.05. The standard InChI is InChI=1S/C13H20N4O3/c1-9-11(7-15-16(9)2)6-14-13(20)17-5-3-4-10(8-17)12(18)19/h7,10H,3-6,8H2,1-2H3,(H,14,20)(H,18,19)/t10-/m1/s1. The monoisotopic (exact) mass is 280 g/mol. The van der Waals surface area contributed by atoms with E-state index in [1.807, 2.05) is 14.0 Å². The summed E-state index contributed by atoms with van der Waals surface area (Å²) in [5, 5.41) is 16.0. The van der Waals surface area contributed by atoms with Crippen LogP contribution in [0.15, 0.2) is 6.20 Å². The van der Waals surface area contributed by atoms with E-state index in [1.165, 1.54) is 0 Å². The molecule has 1 aliphatic rings. The van der Waals surface area contributed by atoms with Gasteiger partial charge in [-0.15, -0.1) is 0 Å². The van der Waals surface area contributed by atoms with Crippen LogP contribution in [-0.2, 0) is 18.4 Å². The van der Waals surface area contributed by atoms with E-state index in [0.29, 0.717) is 19.5 Å². The SMILES string of the molecule is Cc1c(CNC(=O)N2CCC[C@@H](C(=O)O)C2)cnn1C. The number of aromatic nitrogens is 2. The fraction of sp³-hybridized carbons (Fsp3) is 0.615. The molecule has 110 valence electrons. The van der Waals surface area contributed by atoms with Gasteiger partial charge in [0.1, 0.15) is 0 Å². The summed E-state index contributed by atoms with van der Waals surface area (Å²) in [5.74, 6) is -1.28. The van der Waals surface area contributed by atoms with Crippen molar-refractivity contribution in [3.63, 3.8) is 0 Å². The van der Waals surface area contributed by atoms with Crippen LogP contribution < -0.4 is 5.32 Å². The highest BCUT2D eigenvalue weighted by Gasteiger charge is 2.27. The molecule has 2 rings (SSSR count). The molecular formula is C13H20N4O3. The van der Waals surface area contributed by atoms with Gasteiger partial charge in [0.2, 0.25) is 0 Å². The predicted octanol–water partition coefficient (Wildman–Crippen LogP) is 0.735. The summed E-state index contributed by atoms with van der Waals surface area (Å²) in [5.41, 5.74) is 1.97. The number of piperidine rings is 1. The van der Waals surface area contributed by atoms with Crippen molar-refractivity contribution in [2.45, 2.75) is 26.3 Å². The number of aryl methyl sites for hydroxylation is 1. The fourth-order valence-corrected chi connectivity index (χ4v) is 2.36. The lowest BCUT2D eigenvalue weighted by Crippen LogP contribution is -2.46. The van der Waals surface area contributed by atoms with Gasteiger partial charge in [0.25, 0.3) is 0 Å². The van der Waals surface area contributed by atoms with Crippen molar-refractivity contribution in [2.24, 2.45) is 13.0 Å². The number of nitrogens with one attached hydrogen (secondary N) is 1. The van der Waals surface area contributed by atoms with Crippen LogP contribution in [0.1, 0.15) is 24.1 Å². The molecule has 7 heteroatoms. The van der Waals surface area contributed by atoms with Gasteiger partial charge in [-0.3, -0.25) is 9.48 Å². The van der Waals surface area contributed by atoms with Crippen molar-refractivity contribution >= 4 is 12.0 Å². The Kier molecular flexibility index (Phi) is 4.26. The third-order valence-electron chi connectivity index (χ3n) is 3.82. The number of aliphatic carboxylic acids is 1. The van der Waals surface area contributed by atoms with Gasteiger partial charge in [0.15, 0.2) is 0 Å². The molecule has 1 fully saturated rings. The quantitative estimate of drug-likeness (QED) is 0.854. The highest BCUT2D eigenvalue weighted by Crippen LogP contribution is 2.16. The molecule has 2 amide bonds. The number of amides is 2. The van der Waals surface area contributed by atoms with Crippen molar-refractivity contribution < 1.29 is 14.7 Å². The van der Waals surface area contributed by atoms with Gasteiger partial charge >= 0.3 is 12.0 Å². The summed E-state index contributed by atoms with van der Waals surface area (Å²) in [7, 11) is 1.85. The number of carbonyl (C=O) groups is 2. The van der Waals surface area contributed by atoms with Crippen molar-refractivity contribution in [1.82, 2.24) is 20.0 Å². The summed E-state index contributed by atoms with van der Waals surface area (Å²) < 4.78 is 1.75. The second-order valence-electron chi connectivity index (χ2n) is 5.16. The van der Waals surface area contributed by atoms with Gasteiger partial charge < -0.3 is 15.3 Å². The maximum atomic E-state index is 12.1. The van der Waals surface area contributed by atoms with Crippen LogP contribution in [0.3, 0.4) is 0 Å². The molecule has 2 N–H and O–H groups in total. The summed E-state index contributed by atoms with van der Waals surface area (Å²) >= 11 is 0. The van der Waals surface area contributed by atoms with E-state index < -0.39 is 11.9 Å². The first-order valence-electron chi connectivity index (χ1n) is 6.72. The number of carboxylic acids is 1. The number of hydrogen-bond acceptors (Lipinski definition) is 3. The number of likely N-dealkylation sites (tertiary alicyclic amines) is 1. The van der Waals surface area contributed by atoms with Crippen LogP contribution >= 0.6 is 0 Å². The first kappa shape index (κ1) is 14.4. The van der Waals surface area contributed by atoms with E-state index in [4.69, 9.17) is 5.11 Å². The Bertz CT molecular complexity index is 512. The van der Waals surface area contributed by atoms with E-state index in [-0.39, 0.29) is 12.6 Å². The summed E-state index contributed by atoms with van der Waals surface area (Å²) in [4.78, 5) is 24.6. The van der Waals surface area contributed by atoms with Crippen LogP contribution in [0.2, 0.25) is 0 Å². The Labute approximate surface area is 117 Å². The number of hydrogen-bond donors (Lipinski definition) is 2. The van der Waals surface area contributed by atoms with Crippen LogP contribution in [-0.4, -0.2) is 44.9 Å². The molecule has 7 nitrogen and oxygen atoms in total. The van der Waals surface area contributed by atoms with E-state index in [9.17, 15) is 9.59 Å². The van der Waals surface area contributed by atoms with E-state index in [0.717, 1.165) is 17.7 Å². The molecule has 0 unspecified atom stereocenters.